The second kappa shape index (κ2) is 5.08. The minimum atomic E-state index is -0.236. The number of halogens is 2. The zero-order valence-corrected chi connectivity index (χ0v) is 12.7. The quantitative estimate of drug-likeness (QED) is 0.643. The highest BCUT2D eigenvalue weighted by atomic mass is 35.5. The average Bonchev–Trinajstić information content (AvgIpc) is 2.80. The lowest BCUT2D eigenvalue weighted by atomic mass is 10.2. The first-order valence-corrected chi connectivity index (χ1v) is 7.14. The number of alkyl halides is 1. The van der Waals surface area contributed by atoms with Gasteiger partial charge in [-0.15, -0.1) is 11.6 Å². The third-order valence-corrected chi connectivity index (χ3v) is 3.74. The van der Waals surface area contributed by atoms with E-state index in [1.165, 1.54) is 0 Å². The Bertz CT molecular complexity index is 778. The molecule has 2 heterocycles. The van der Waals surface area contributed by atoms with Crippen molar-refractivity contribution in [2.75, 3.05) is 0 Å². The Morgan fingerprint density at radius 2 is 1.95 bits per heavy atom. The van der Waals surface area contributed by atoms with Gasteiger partial charge in [0.2, 0.25) is 0 Å². The van der Waals surface area contributed by atoms with Gasteiger partial charge in [-0.3, -0.25) is 4.57 Å². The van der Waals surface area contributed by atoms with Gasteiger partial charge in [0.05, 0.1) is 16.1 Å². The lowest BCUT2D eigenvalue weighted by molar-refractivity contribution is 0.877. The van der Waals surface area contributed by atoms with E-state index in [0.717, 1.165) is 28.2 Å². The zero-order valence-electron chi connectivity index (χ0n) is 11.1. The molecule has 0 saturated carbocycles. The molecule has 0 radical (unpaired) electrons. The Labute approximate surface area is 127 Å². The minimum absolute atomic E-state index is 0.236. The number of hydrogen-bond donors (Lipinski definition) is 0. The molecular formula is C15H13Cl2N3. The first kappa shape index (κ1) is 13.4. The van der Waals surface area contributed by atoms with Crippen LogP contribution in [-0.4, -0.2) is 14.5 Å². The summed E-state index contributed by atoms with van der Waals surface area (Å²) < 4.78 is 1.93. The summed E-state index contributed by atoms with van der Waals surface area (Å²) >= 11 is 12.6. The minimum Gasteiger partial charge on any atom is -0.278 e. The first-order chi connectivity index (χ1) is 9.59. The second-order valence-corrected chi connectivity index (χ2v) is 5.73. The summed E-state index contributed by atoms with van der Waals surface area (Å²) in [5, 5.41) is 0.411. The van der Waals surface area contributed by atoms with Crippen LogP contribution in [0.4, 0.5) is 0 Å². The SMILES string of the molecule is Cc1ccnc2c1nc(C(C)Cl)n2-c1ccccc1Cl. The van der Waals surface area contributed by atoms with Crippen molar-refractivity contribution in [2.24, 2.45) is 0 Å². The van der Waals surface area contributed by atoms with Crippen LogP contribution in [0.1, 0.15) is 23.7 Å². The van der Waals surface area contributed by atoms with Crippen LogP contribution in [0.2, 0.25) is 5.02 Å². The Balaban J connectivity index is 2.42. The lowest BCUT2D eigenvalue weighted by Gasteiger charge is -2.11. The van der Waals surface area contributed by atoms with Gasteiger partial charge < -0.3 is 0 Å². The maximum absolute atomic E-state index is 6.31. The average molecular weight is 306 g/mol. The van der Waals surface area contributed by atoms with E-state index >= 15 is 0 Å². The topological polar surface area (TPSA) is 30.7 Å². The molecule has 1 unspecified atom stereocenters. The summed E-state index contributed by atoms with van der Waals surface area (Å²) in [6, 6.07) is 9.56. The van der Waals surface area contributed by atoms with E-state index in [-0.39, 0.29) is 5.38 Å². The molecule has 3 rings (SSSR count). The van der Waals surface area contributed by atoms with Gasteiger partial charge >= 0.3 is 0 Å². The molecule has 0 aliphatic carbocycles. The largest absolute Gasteiger partial charge is 0.278 e. The van der Waals surface area contributed by atoms with E-state index in [2.05, 4.69) is 9.97 Å². The summed E-state index contributed by atoms with van der Waals surface area (Å²) in [5.74, 6) is 0.747. The zero-order chi connectivity index (χ0) is 14.3. The van der Waals surface area contributed by atoms with Crippen molar-refractivity contribution in [1.29, 1.82) is 0 Å². The normalized spacial score (nSPS) is 12.8. The molecule has 3 aromatic rings. The predicted molar refractivity (Wildman–Crippen MR) is 82.9 cm³/mol. The number of nitrogens with zero attached hydrogens (tertiary/aromatic N) is 3. The fourth-order valence-electron chi connectivity index (χ4n) is 2.25. The molecule has 0 fully saturated rings. The van der Waals surface area contributed by atoms with E-state index in [9.17, 15) is 0 Å². The standard InChI is InChI=1S/C15H13Cl2N3/c1-9-7-8-18-15-13(9)19-14(10(2)16)20(15)12-6-4-3-5-11(12)17/h3-8,10H,1-2H3. The Morgan fingerprint density at radius 1 is 1.20 bits per heavy atom. The number of benzene rings is 1. The number of pyridine rings is 1. The predicted octanol–water partition coefficient (Wildman–Crippen LogP) is 4.68. The fourth-order valence-corrected chi connectivity index (χ4v) is 2.62. The van der Waals surface area contributed by atoms with Gasteiger partial charge in [0.15, 0.2) is 5.65 Å². The van der Waals surface area contributed by atoms with Crippen LogP contribution >= 0.6 is 23.2 Å². The van der Waals surface area contributed by atoms with Crippen molar-refractivity contribution in [2.45, 2.75) is 19.2 Å². The molecule has 20 heavy (non-hydrogen) atoms. The first-order valence-electron chi connectivity index (χ1n) is 6.32. The van der Waals surface area contributed by atoms with Crippen molar-refractivity contribution in [1.82, 2.24) is 14.5 Å². The van der Waals surface area contributed by atoms with Crippen LogP contribution in [0.3, 0.4) is 0 Å². The lowest BCUT2D eigenvalue weighted by Crippen LogP contribution is -2.03. The molecule has 0 N–H and O–H groups in total. The van der Waals surface area contributed by atoms with Crippen molar-refractivity contribution in [3.8, 4) is 5.69 Å². The molecule has 0 amide bonds. The fraction of sp³-hybridized carbons (Fsp3) is 0.200. The molecule has 0 bridgehead atoms. The van der Waals surface area contributed by atoms with Crippen LogP contribution in [0.25, 0.3) is 16.9 Å². The molecule has 2 aromatic heterocycles. The van der Waals surface area contributed by atoms with Gasteiger partial charge in [0, 0.05) is 6.20 Å². The highest BCUT2D eigenvalue weighted by molar-refractivity contribution is 6.32. The summed E-state index contributed by atoms with van der Waals surface area (Å²) in [6.45, 7) is 3.90. The Kier molecular flexibility index (Phi) is 3.40. The van der Waals surface area contributed by atoms with Gasteiger partial charge in [0.25, 0.3) is 0 Å². The maximum Gasteiger partial charge on any atom is 0.165 e. The summed E-state index contributed by atoms with van der Waals surface area (Å²) in [5.41, 5.74) is 3.55. The van der Waals surface area contributed by atoms with E-state index in [4.69, 9.17) is 23.2 Å². The van der Waals surface area contributed by atoms with Gasteiger partial charge in [-0.2, -0.15) is 0 Å². The van der Waals surface area contributed by atoms with E-state index < -0.39 is 0 Å². The molecule has 0 saturated heterocycles. The molecule has 102 valence electrons. The number of fused-ring (bicyclic) bond motifs is 1. The Morgan fingerprint density at radius 3 is 2.65 bits per heavy atom. The van der Waals surface area contributed by atoms with Gasteiger partial charge in [-0.05, 0) is 37.6 Å². The van der Waals surface area contributed by atoms with Gasteiger partial charge in [-0.1, -0.05) is 23.7 Å². The third kappa shape index (κ3) is 2.07. The monoisotopic (exact) mass is 305 g/mol. The van der Waals surface area contributed by atoms with Crippen LogP contribution in [0.15, 0.2) is 36.5 Å². The van der Waals surface area contributed by atoms with E-state index in [1.54, 1.807) is 6.20 Å². The molecule has 1 aromatic carbocycles. The van der Waals surface area contributed by atoms with Crippen LogP contribution < -0.4 is 0 Å². The van der Waals surface area contributed by atoms with Crippen LogP contribution in [0.5, 0.6) is 0 Å². The van der Waals surface area contributed by atoms with Crippen molar-refractivity contribution in [3.63, 3.8) is 0 Å². The molecule has 3 nitrogen and oxygen atoms in total. The molecule has 0 aliphatic rings. The third-order valence-electron chi connectivity index (χ3n) is 3.22. The molecule has 5 heteroatoms. The Hall–Kier alpha value is -1.58. The molecular weight excluding hydrogens is 293 g/mol. The van der Waals surface area contributed by atoms with Crippen molar-refractivity contribution in [3.05, 3.63) is 52.9 Å². The van der Waals surface area contributed by atoms with Gasteiger partial charge in [-0.25, -0.2) is 9.97 Å². The summed E-state index contributed by atoms with van der Waals surface area (Å²) in [6.07, 6.45) is 1.77. The number of aryl methyl sites for hydroxylation is 1. The highest BCUT2D eigenvalue weighted by Gasteiger charge is 2.19. The number of hydrogen-bond acceptors (Lipinski definition) is 2. The smallest absolute Gasteiger partial charge is 0.165 e. The number of imidazole rings is 1. The van der Waals surface area contributed by atoms with Crippen LogP contribution in [-0.2, 0) is 0 Å². The molecule has 1 atom stereocenters. The van der Waals surface area contributed by atoms with Gasteiger partial charge in [0.1, 0.15) is 11.3 Å². The number of para-hydroxylation sites is 1. The summed E-state index contributed by atoms with van der Waals surface area (Å²) in [7, 11) is 0. The maximum atomic E-state index is 6.31. The number of rotatable bonds is 2. The molecule has 0 spiro atoms. The van der Waals surface area contributed by atoms with E-state index in [0.29, 0.717) is 5.02 Å². The van der Waals surface area contributed by atoms with Crippen LogP contribution in [0, 0.1) is 6.92 Å². The van der Waals surface area contributed by atoms with Crippen molar-refractivity contribution >= 4 is 34.4 Å². The highest BCUT2D eigenvalue weighted by Crippen LogP contribution is 2.31. The number of aromatic nitrogens is 3. The molecule has 0 aliphatic heterocycles. The van der Waals surface area contributed by atoms with E-state index in [1.807, 2.05) is 48.7 Å². The summed E-state index contributed by atoms with van der Waals surface area (Å²) in [4.78, 5) is 9.08. The second-order valence-electron chi connectivity index (χ2n) is 4.67. The van der Waals surface area contributed by atoms with Crippen molar-refractivity contribution < 1.29 is 0 Å².